The zero-order chi connectivity index (χ0) is 29.8. The molecule has 0 fully saturated rings. The number of benzene rings is 2. The SMILES string of the molecule is Cc1noc(C)c1NC(=O)Nc1ccc2c(c1)C(=O)N([C@H](C)CO)C[C@H](C)[C@H](CN(C)Cc1ccc(Cl)c(Cl)c1)O2. The standard InChI is InChI=1S/C29H35Cl2N5O5/c1-16-12-36(17(2)15-37)28(38)22-11-21(32-29(39)33-27-18(3)34-41-19(27)4)7-9-25(22)40-26(16)14-35(5)13-20-6-8-23(30)24(31)10-20/h6-11,16-17,26,37H,12-15H2,1-5H3,(H2,32,33,39)/t16-,17+,26-/m0/s1. The molecule has 3 amide bonds. The highest BCUT2D eigenvalue weighted by molar-refractivity contribution is 6.42. The van der Waals surface area contributed by atoms with E-state index >= 15 is 0 Å². The molecule has 0 saturated heterocycles. The van der Waals surface area contributed by atoms with Gasteiger partial charge in [0.25, 0.3) is 5.91 Å². The number of aliphatic hydroxyl groups is 1. The number of aryl methyl sites for hydroxylation is 2. The maximum absolute atomic E-state index is 13.7. The predicted octanol–water partition coefficient (Wildman–Crippen LogP) is 5.59. The zero-order valence-electron chi connectivity index (χ0n) is 23.7. The van der Waals surface area contributed by atoms with E-state index in [2.05, 4.69) is 20.7 Å². The first kappa shape index (κ1) is 30.6. The summed E-state index contributed by atoms with van der Waals surface area (Å²) in [5.41, 5.74) is 2.75. The minimum Gasteiger partial charge on any atom is -0.488 e. The maximum atomic E-state index is 13.7. The average molecular weight is 605 g/mol. The van der Waals surface area contributed by atoms with Crippen molar-refractivity contribution in [3.63, 3.8) is 0 Å². The van der Waals surface area contributed by atoms with Crippen LogP contribution in [0.1, 0.15) is 41.2 Å². The number of rotatable bonds is 8. The Hall–Kier alpha value is -3.31. The lowest BCUT2D eigenvalue weighted by Crippen LogP contribution is -2.49. The zero-order valence-corrected chi connectivity index (χ0v) is 25.2. The number of carbonyl (C=O) groups excluding carboxylic acids is 2. The molecule has 3 N–H and O–H groups in total. The van der Waals surface area contributed by atoms with Crippen LogP contribution in [0.25, 0.3) is 0 Å². The Morgan fingerprint density at radius 2 is 1.95 bits per heavy atom. The second kappa shape index (κ2) is 13.1. The van der Waals surface area contributed by atoms with Crippen LogP contribution in [0.5, 0.6) is 5.75 Å². The highest BCUT2D eigenvalue weighted by atomic mass is 35.5. The lowest BCUT2D eigenvalue weighted by atomic mass is 9.99. The van der Waals surface area contributed by atoms with Crippen molar-refractivity contribution in [3.8, 4) is 5.75 Å². The fourth-order valence-electron chi connectivity index (χ4n) is 4.78. The van der Waals surface area contributed by atoms with E-state index in [0.717, 1.165) is 5.56 Å². The minimum atomic E-state index is -0.505. The van der Waals surface area contributed by atoms with Gasteiger partial charge in [-0.2, -0.15) is 0 Å². The molecule has 0 saturated carbocycles. The van der Waals surface area contributed by atoms with Crippen LogP contribution in [0.4, 0.5) is 16.2 Å². The summed E-state index contributed by atoms with van der Waals surface area (Å²) in [6.07, 6.45) is -0.273. The average Bonchev–Trinajstić information content (AvgIpc) is 3.24. The minimum absolute atomic E-state index is 0.0454. The summed E-state index contributed by atoms with van der Waals surface area (Å²) in [4.78, 5) is 30.2. The highest BCUT2D eigenvalue weighted by Gasteiger charge is 2.33. The first-order valence-corrected chi connectivity index (χ1v) is 14.1. The Labute approximate surface area is 249 Å². The smallest absolute Gasteiger partial charge is 0.323 e. The molecule has 41 heavy (non-hydrogen) atoms. The van der Waals surface area contributed by atoms with Crippen molar-refractivity contribution >= 4 is 46.5 Å². The van der Waals surface area contributed by atoms with Crippen molar-refractivity contribution in [2.75, 3.05) is 37.4 Å². The Bertz CT molecular complexity index is 1390. The number of ether oxygens (including phenoxy) is 1. The number of carbonyl (C=O) groups is 2. The molecule has 0 unspecified atom stereocenters. The number of halogens is 2. The van der Waals surface area contributed by atoms with E-state index in [4.69, 9.17) is 32.5 Å². The van der Waals surface area contributed by atoms with Gasteiger partial charge < -0.3 is 29.9 Å². The second-order valence-electron chi connectivity index (χ2n) is 10.6. The van der Waals surface area contributed by atoms with E-state index in [-0.39, 0.29) is 24.5 Å². The van der Waals surface area contributed by atoms with Gasteiger partial charge in [0.05, 0.1) is 28.3 Å². The third-order valence-corrected chi connectivity index (χ3v) is 7.86. The van der Waals surface area contributed by atoms with Crippen molar-refractivity contribution in [2.45, 2.75) is 46.4 Å². The summed E-state index contributed by atoms with van der Waals surface area (Å²) in [5.74, 6) is 0.556. The second-order valence-corrected chi connectivity index (χ2v) is 11.4. The number of hydrogen-bond donors (Lipinski definition) is 3. The fourth-order valence-corrected chi connectivity index (χ4v) is 5.10. The molecule has 1 aliphatic rings. The first-order valence-electron chi connectivity index (χ1n) is 13.3. The molecule has 4 rings (SSSR count). The molecule has 0 aliphatic carbocycles. The van der Waals surface area contributed by atoms with Crippen LogP contribution in [0.2, 0.25) is 10.0 Å². The number of hydrogen-bond acceptors (Lipinski definition) is 7. The topological polar surface area (TPSA) is 120 Å². The van der Waals surface area contributed by atoms with Gasteiger partial charge in [0.1, 0.15) is 23.2 Å². The van der Waals surface area contributed by atoms with Crippen molar-refractivity contribution < 1.29 is 24.0 Å². The molecule has 3 aromatic rings. The van der Waals surface area contributed by atoms with Crippen LogP contribution >= 0.6 is 23.2 Å². The van der Waals surface area contributed by atoms with Gasteiger partial charge in [0.15, 0.2) is 5.76 Å². The van der Waals surface area contributed by atoms with Crippen molar-refractivity contribution in [1.82, 2.24) is 15.0 Å². The fraction of sp³-hybridized carbons (Fsp3) is 0.414. The van der Waals surface area contributed by atoms with Gasteiger partial charge in [-0.3, -0.25) is 9.69 Å². The van der Waals surface area contributed by atoms with Crippen molar-refractivity contribution in [1.29, 1.82) is 0 Å². The number of aliphatic hydroxyl groups excluding tert-OH is 1. The van der Waals surface area contributed by atoms with Gasteiger partial charge in [0.2, 0.25) is 0 Å². The van der Waals surface area contributed by atoms with E-state index in [9.17, 15) is 14.7 Å². The molecule has 1 aromatic heterocycles. The van der Waals surface area contributed by atoms with Gasteiger partial charge in [-0.15, -0.1) is 0 Å². The summed E-state index contributed by atoms with van der Waals surface area (Å²) in [6.45, 7) is 8.64. The molecule has 0 spiro atoms. The Kier molecular flexibility index (Phi) is 9.80. The molecule has 3 atom stereocenters. The summed E-state index contributed by atoms with van der Waals surface area (Å²) in [5, 5.41) is 20.3. The summed E-state index contributed by atoms with van der Waals surface area (Å²) in [6, 6.07) is 9.60. The van der Waals surface area contributed by atoms with Crippen LogP contribution in [-0.2, 0) is 6.54 Å². The van der Waals surface area contributed by atoms with E-state index in [1.54, 1.807) is 49.9 Å². The van der Waals surface area contributed by atoms with Gasteiger partial charge in [-0.05, 0) is 63.7 Å². The number of fused-ring (bicyclic) bond motifs is 1. The first-order chi connectivity index (χ1) is 19.5. The van der Waals surface area contributed by atoms with Crippen molar-refractivity contribution in [3.05, 3.63) is 69.0 Å². The van der Waals surface area contributed by atoms with Gasteiger partial charge >= 0.3 is 6.03 Å². The highest BCUT2D eigenvalue weighted by Crippen LogP contribution is 2.31. The molecular formula is C29H35Cl2N5O5. The number of urea groups is 1. The molecule has 0 radical (unpaired) electrons. The molecular weight excluding hydrogens is 569 g/mol. The number of amides is 3. The Morgan fingerprint density at radius 1 is 1.20 bits per heavy atom. The van der Waals surface area contributed by atoms with Crippen LogP contribution in [0.15, 0.2) is 40.9 Å². The monoisotopic (exact) mass is 603 g/mol. The molecule has 12 heteroatoms. The van der Waals surface area contributed by atoms with Gasteiger partial charge in [0, 0.05) is 31.2 Å². The largest absolute Gasteiger partial charge is 0.488 e. The number of nitrogens with zero attached hydrogens (tertiary/aromatic N) is 3. The van der Waals surface area contributed by atoms with Crippen LogP contribution in [-0.4, -0.2) is 70.9 Å². The maximum Gasteiger partial charge on any atom is 0.323 e. The summed E-state index contributed by atoms with van der Waals surface area (Å²) >= 11 is 12.3. The Morgan fingerprint density at radius 3 is 2.61 bits per heavy atom. The summed E-state index contributed by atoms with van der Waals surface area (Å²) < 4.78 is 11.6. The van der Waals surface area contributed by atoms with Crippen molar-refractivity contribution in [2.24, 2.45) is 5.92 Å². The van der Waals surface area contributed by atoms with E-state index in [1.807, 2.05) is 26.1 Å². The van der Waals surface area contributed by atoms with Crippen LogP contribution in [0, 0.1) is 19.8 Å². The molecule has 220 valence electrons. The van der Waals surface area contributed by atoms with Crippen LogP contribution < -0.4 is 15.4 Å². The molecule has 10 nitrogen and oxygen atoms in total. The number of anilines is 2. The molecule has 0 bridgehead atoms. The van der Waals surface area contributed by atoms with Gasteiger partial charge in [-0.1, -0.05) is 41.3 Å². The number of likely N-dealkylation sites (N-methyl/N-ethyl adjacent to an activating group) is 1. The lowest BCUT2D eigenvalue weighted by Gasteiger charge is -2.38. The quantitative estimate of drug-likeness (QED) is 0.307. The molecule has 1 aliphatic heterocycles. The van der Waals surface area contributed by atoms with Gasteiger partial charge in [-0.25, -0.2) is 4.79 Å². The van der Waals surface area contributed by atoms with E-state index in [1.165, 1.54) is 0 Å². The molecule has 2 heterocycles. The third kappa shape index (κ3) is 7.32. The molecule has 2 aromatic carbocycles. The van der Waals surface area contributed by atoms with E-state index in [0.29, 0.717) is 63.8 Å². The number of nitrogens with one attached hydrogen (secondary N) is 2. The van der Waals surface area contributed by atoms with E-state index < -0.39 is 12.1 Å². The number of aromatic nitrogens is 1. The summed E-state index contributed by atoms with van der Waals surface area (Å²) in [7, 11) is 1.99. The van der Waals surface area contributed by atoms with Crippen LogP contribution in [0.3, 0.4) is 0 Å². The normalized spacial score (nSPS) is 17.9. The third-order valence-electron chi connectivity index (χ3n) is 7.12. The predicted molar refractivity (Wildman–Crippen MR) is 159 cm³/mol. The lowest BCUT2D eigenvalue weighted by molar-refractivity contribution is 0.0341. The Balaban J connectivity index is 1.57.